The van der Waals surface area contributed by atoms with Crippen LogP contribution >= 0.6 is 0 Å². The number of alkyl halides is 3. The van der Waals surface area contributed by atoms with Crippen LogP contribution in [0, 0.1) is 0 Å². The maximum absolute atomic E-state index is 12.5. The Labute approximate surface area is 107 Å². The minimum atomic E-state index is -4.91. The summed E-state index contributed by atoms with van der Waals surface area (Å²) < 4.78 is 47.9. The highest BCUT2D eigenvalue weighted by molar-refractivity contribution is 5.82. The first kappa shape index (κ1) is 13.7. The van der Waals surface area contributed by atoms with Crippen molar-refractivity contribution in [3.05, 3.63) is 29.8 Å². The molecule has 0 fully saturated rings. The van der Waals surface area contributed by atoms with E-state index in [0.29, 0.717) is 16.2 Å². The van der Waals surface area contributed by atoms with E-state index in [-0.39, 0.29) is 13.1 Å². The van der Waals surface area contributed by atoms with Gasteiger partial charge in [0.05, 0.1) is 6.54 Å². The molecule has 1 aromatic carbocycles. The summed E-state index contributed by atoms with van der Waals surface area (Å²) in [6.45, 7) is -0.433. The summed E-state index contributed by atoms with van der Waals surface area (Å²) in [7, 11) is 1.31. The van der Waals surface area contributed by atoms with Gasteiger partial charge < -0.3 is 14.4 Å². The van der Waals surface area contributed by atoms with Crippen molar-refractivity contribution >= 4 is 5.91 Å². The highest BCUT2D eigenvalue weighted by Gasteiger charge is 2.44. The molecule has 0 aromatic heterocycles. The van der Waals surface area contributed by atoms with Gasteiger partial charge >= 0.3 is 12.1 Å². The number of hydrogen-bond acceptors (Lipinski definition) is 3. The molecule has 19 heavy (non-hydrogen) atoms. The van der Waals surface area contributed by atoms with Crippen LogP contribution in [0.4, 0.5) is 13.2 Å². The second-order valence-electron chi connectivity index (χ2n) is 4.07. The van der Waals surface area contributed by atoms with Crippen molar-refractivity contribution in [3.8, 4) is 5.75 Å². The fourth-order valence-corrected chi connectivity index (χ4v) is 1.84. The van der Waals surface area contributed by atoms with E-state index >= 15 is 0 Å². The Morgan fingerprint density at radius 3 is 2.74 bits per heavy atom. The number of carbonyl (C=O) groups excluding carboxylic acids is 1. The van der Waals surface area contributed by atoms with Gasteiger partial charge in [-0.05, 0) is 6.07 Å². The van der Waals surface area contributed by atoms with E-state index in [0.717, 1.165) is 0 Å². The molecule has 1 heterocycles. The van der Waals surface area contributed by atoms with Crippen molar-refractivity contribution in [1.29, 1.82) is 0 Å². The average molecular weight is 275 g/mol. The lowest BCUT2D eigenvalue weighted by molar-refractivity contribution is -0.189. The van der Waals surface area contributed by atoms with Gasteiger partial charge in [0.1, 0.15) is 5.75 Å². The smallest absolute Gasteiger partial charge is 0.463 e. The average Bonchev–Trinajstić information content (AvgIpc) is 2.55. The van der Waals surface area contributed by atoms with E-state index in [1.165, 1.54) is 7.11 Å². The van der Waals surface area contributed by atoms with Gasteiger partial charge in [0.15, 0.2) is 0 Å². The molecule has 0 bridgehead atoms. The predicted octanol–water partition coefficient (Wildman–Crippen LogP) is 1.94. The predicted molar refractivity (Wildman–Crippen MR) is 59.3 cm³/mol. The Kier molecular flexibility index (Phi) is 3.66. The number of methoxy groups -OCH3 is 1. The third kappa shape index (κ3) is 2.98. The van der Waals surface area contributed by atoms with Crippen LogP contribution < -0.4 is 4.74 Å². The quantitative estimate of drug-likeness (QED) is 0.786. The normalized spacial score (nSPS) is 19.4. The molecule has 0 radical (unpaired) electrons. The van der Waals surface area contributed by atoms with Crippen molar-refractivity contribution < 1.29 is 27.4 Å². The molecule has 0 unspecified atom stereocenters. The maximum Gasteiger partial charge on any atom is 0.471 e. The van der Waals surface area contributed by atoms with E-state index in [1.54, 1.807) is 24.3 Å². The molecule has 1 aromatic rings. The van der Waals surface area contributed by atoms with E-state index in [2.05, 4.69) is 0 Å². The lowest BCUT2D eigenvalue weighted by Gasteiger charge is -2.23. The first-order valence-electron chi connectivity index (χ1n) is 5.55. The molecule has 0 aliphatic carbocycles. The lowest BCUT2D eigenvalue weighted by atomic mass is 10.2. The summed E-state index contributed by atoms with van der Waals surface area (Å²) in [5.74, 6) is -1.47. The van der Waals surface area contributed by atoms with Crippen molar-refractivity contribution in [2.45, 2.75) is 19.0 Å². The number of benzene rings is 1. The number of hydrogen-bond donors (Lipinski definition) is 0. The fraction of sp³-hybridized carbons (Fsp3) is 0.417. The molecule has 1 aliphatic rings. The summed E-state index contributed by atoms with van der Waals surface area (Å²) in [4.78, 5) is 12.0. The fourth-order valence-electron chi connectivity index (χ4n) is 1.84. The SMILES string of the molecule is CO[C@@H]1CN(C(=O)C(F)(F)F)Cc2ccccc2O1. The molecular weight excluding hydrogens is 263 g/mol. The third-order valence-corrected chi connectivity index (χ3v) is 2.75. The van der Waals surface area contributed by atoms with Gasteiger partial charge in [-0.25, -0.2) is 0 Å². The Morgan fingerprint density at radius 1 is 1.42 bits per heavy atom. The molecule has 4 nitrogen and oxygen atoms in total. The number of rotatable bonds is 1. The lowest BCUT2D eigenvalue weighted by Crippen LogP contribution is -2.44. The maximum atomic E-state index is 12.5. The Balaban J connectivity index is 2.30. The summed E-state index contributed by atoms with van der Waals surface area (Å²) in [5.41, 5.74) is 0.514. The first-order valence-corrected chi connectivity index (χ1v) is 5.55. The van der Waals surface area contributed by atoms with Crippen LogP contribution in [0.3, 0.4) is 0 Å². The molecule has 0 saturated heterocycles. The number of para-hydroxylation sites is 1. The molecule has 2 rings (SSSR count). The summed E-state index contributed by atoms with van der Waals surface area (Å²) in [6, 6.07) is 6.62. The van der Waals surface area contributed by atoms with Gasteiger partial charge in [-0.3, -0.25) is 4.79 Å². The zero-order valence-corrected chi connectivity index (χ0v) is 10.1. The second-order valence-corrected chi connectivity index (χ2v) is 4.07. The number of carbonyl (C=O) groups is 1. The number of ether oxygens (including phenoxy) is 2. The zero-order chi connectivity index (χ0) is 14.0. The number of fused-ring (bicyclic) bond motifs is 1. The molecular formula is C12H12F3NO3. The van der Waals surface area contributed by atoms with Crippen LogP contribution in [0.15, 0.2) is 24.3 Å². The van der Waals surface area contributed by atoms with Gasteiger partial charge in [0.2, 0.25) is 6.29 Å². The topological polar surface area (TPSA) is 38.8 Å². The Hall–Kier alpha value is -1.76. The Bertz CT molecular complexity index is 476. The summed E-state index contributed by atoms with van der Waals surface area (Å²) in [6.07, 6.45) is -5.83. The highest BCUT2D eigenvalue weighted by Crippen LogP contribution is 2.28. The Morgan fingerprint density at radius 2 is 2.11 bits per heavy atom. The number of nitrogens with zero attached hydrogens (tertiary/aromatic N) is 1. The van der Waals surface area contributed by atoms with Crippen LogP contribution in [-0.4, -0.2) is 36.9 Å². The summed E-state index contributed by atoms with van der Waals surface area (Å²) >= 11 is 0. The summed E-state index contributed by atoms with van der Waals surface area (Å²) in [5, 5.41) is 0. The minimum Gasteiger partial charge on any atom is -0.463 e. The van der Waals surface area contributed by atoms with Crippen molar-refractivity contribution in [2.24, 2.45) is 0 Å². The van der Waals surface area contributed by atoms with Crippen LogP contribution in [0.1, 0.15) is 5.56 Å². The van der Waals surface area contributed by atoms with Crippen molar-refractivity contribution in [1.82, 2.24) is 4.90 Å². The molecule has 1 atom stereocenters. The molecule has 1 amide bonds. The molecule has 7 heteroatoms. The van der Waals surface area contributed by atoms with Crippen LogP contribution in [-0.2, 0) is 16.1 Å². The molecule has 0 saturated carbocycles. The number of halogens is 3. The highest BCUT2D eigenvalue weighted by atomic mass is 19.4. The third-order valence-electron chi connectivity index (χ3n) is 2.75. The van der Waals surface area contributed by atoms with Gasteiger partial charge in [0.25, 0.3) is 0 Å². The molecule has 1 aliphatic heterocycles. The van der Waals surface area contributed by atoms with Crippen molar-refractivity contribution in [2.75, 3.05) is 13.7 Å². The standard InChI is InChI=1S/C12H12F3NO3/c1-18-10-7-16(11(17)12(13,14)15)6-8-4-2-3-5-9(8)19-10/h2-5,10H,6-7H2,1H3/t10-/m0/s1. The van der Waals surface area contributed by atoms with E-state index in [4.69, 9.17) is 9.47 Å². The van der Waals surface area contributed by atoms with E-state index < -0.39 is 18.4 Å². The van der Waals surface area contributed by atoms with Gasteiger partial charge in [-0.1, -0.05) is 18.2 Å². The number of amides is 1. The monoisotopic (exact) mass is 275 g/mol. The van der Waals surface area contributed by atoms with Crippen molar-refractivity contribution in [3.63, 3.8) is 0 Å². The van der Waals surface area contributed by atoms with E-state index in [1.807, 2.05) is 0 Å². The minimum absolute atomic E-state index is 0.158. The van der Waals surface area contributed by atoms with Crippen LogP contribution in [0.5, 0.6) is 5.75 Å². The zero-order valence-electron chi connectivity index (χ0n) is 10.1. The van der Waals surface area contributed by atoms with Crippen LogP contribution in [0.25, 0.3) is 0 Å². The molecule has 0 spiro atoms. The van der Waals surface area contributed by atoms with Crippen LogP contribution in [0.2, 0.25) is 0 Å². The van der Waals surface area contributed by atoms with Gasteiger partial charge in [-0.2, -0.15) is 13.2 Å². The van der Waals surface area contributed by atoms with Gasteiger partial charge in [0, 0.05) is 19.2 Å². The molecule has 0 N–H and O–H groups in total. The molecule has 104 valence electrons. The second kappa shape index (κ2) is 5.08. The largest absolute Gasteiger partial charge is 0.471 e. The van der Waals surface area contributed by atoms with E-state index in [9.17, 15) is 18.0 Å². The first-order chi connectivity index (χ1) is 8.91. The van der Waals surface area contributed by atoms with Gasteiger partial charge in [-0.15, -0.1) is 0 Å².